The summed E-state index contributed by atoms with van der Waals surface area (Å²) >= 11 is 1.45. The van der Waals surface area contributed by atoms with Gasteiger partial charge in [-0.3, -0.25) is 14.5 Å². The van der Waals surface area contributed by atoms with Crippen LogP contribution in [0.25, 0.3) is 0 Å². The van der Waals surface area contributed by atoms with Gasteiger partial charge in [-0.25, -0.2) is 0 Å². The van der Waals surface area contributed by atoms with Crippen molar-refractivity contribution in [2.45, 2.75) is 6.92 Å². The number of imide groups is 1. The smallest absolute Gasteiger partial charge is 0.262 e. The Balaban J connectivity index is 2.69. The van der Waals surface area contributed by atoms with Crippen LogP contribution in [-0.4, -0.2) is 23.8 Å². The van der Waals surface area contributed by atoms with Crippen molar-refractivity contribution >= 4 is 23.2 Å². The van der Waals surface area contributed by atoms with Crippen LogP contribution in [0.5, 0.6) is 0 Å². The molecule has 12 heavy (non-hydrogen) atoms. The molecule has 2 heterocycles. The highest BCUT2D eigenvalue weighted by molar-refractivity contribution is 7.10. The van der Waals surface area contributed by atoms with Gasteiger partial charge in [0, 0.05) is 17.3 Å². The van der Waals surface area contributed by atoms with Gasteiger partial charge in [-0.15, -0.1) is 11.3 Å². The maximum Gasteiger partial charge on any atom is 0.262 e. The Morgan fingerprint density at radius 1 is 1.33 bits per heavy atom. The van der Waals surface area contributed by atoms with E-state index in [2.05, 4.69) is 0 Å². The Morgan fingerprint density at radius 3 is 2.58 bits per heavy atom. The zero-order valence-electron chi connectivity index (χ0n) is 6.75. The van der Waals surface area contributed by atoms with E-state index in [1.165, 1.54) is 18.4 Å². The first-order valence-corrected chi connectivity index (χ1v) is 4.41. The zero-order valence-corrected chi connectivity index (χ0v) is 7.57. The van der Waals surface area contributed by atoms with Crippen molar-refractivity contribution in [2.24, 2.45) is 0 Å². The predicted octanol–water partition coefficient (Wildman–Crippen LogP) is 1.28. The van der Waals surface area contributed by atoms with Crippen LogP contribution in [0.4, 0.5) is 0 Å². The third kappa shape index (κ3) is 0.701. The van der Waals surface area contributed by atoms with Gasteiger partial charge in [0.25, 0.3) is 11.8 Å². The summed E-state index contributed by atoms with van der Waals surface area (Å²) in [6.45, 7) is 1.86. The van der Waals surface area contributed by atoms with Gasteiger partial charge in [0.05, 0.1) is 11.1 Å². The molecular weight excluding hydrogens is 174 g/mol. The molecule has 4 heteroatoms. The molecule has 62 valence electrons. The molecule has 0 fully saturated rings. The van der Waals surface area contributed by atoms with E-state index in [0.717, 1.165) is 9.78 Å². The maximum atomic E-state index is 11.4. The first kappa shape index (κ1) is 7.49. The van der Waals surface area contributed by atoms with Crippen LogP contribution < -0.4 is 0 Å². The highest BCUT2D eigenvalue weighted by atomic mass is 32.1. The fourth-order valence-corrected chi connectivity index (χ4v) is 2.15. The summed E-state index contributed by atoms with van der Waals surface area (Å²) in [5.74, 6) is -0.354. The van der Waals surface area contributed by atoms with E-state index in [4.69, 9.17) is 0 Å². The van der Waals surface area contributed by atoms with E-state index in [1.807, 2.05) is 6.92 Å². The highest BCUT2D eigenvalue weighted by Crippen LogP contribution is 2.29. The molecular formula is C8H7NO2S. The van der Waals surface area contributed by atoms with Gasteiger partial charge in [0.15, 0.2) is 0 Å². The van der Waals surface area contributed by atoms with Crippen molar-refractivity contribution in [3.63, 3.8) is 0 Å². The van der Waals surface area contributed by atoms with Gasteiger partial charge >= 0.3 is 0 Å². The van der Waals surface area contributed by atoms with Gasteiger partial charge in [0.2, 0.25) is 0 Å². The molecule has 1 aliphatic heterocycles. The zero-order chi connectivity index (χ0) is 8.88. The fraction of sp³-hybridized carbons (Fsp3) is 0.250. The Kier molecular flexibility index (Phi) is 1.35. The lowest BCUT2D eigenvalue weighted by molar-refractivity contribution is 0.0693. The molecule has 1 aliphatic rings. The van der Waals surface area contributed by atoms with Crippen molar-refractivity contribution < 1.29 is 9.59 Å². The number of rotatable bonds is 0. The van der Waals surface area contributed by atoms with Crippen LogP contribution in [0, 0.1) is 6.92 Å². The van der Waals surface area contributed by atoms with Crippen LogP contribution in [0.15, 0.2) is 5.38 Å². The second-order valence-corrected chi connectivity index (χ2v) is 3.83. The van der Waals surface area contributed by atoms with Crippen LogP contribution in [0.3, 0.4) is 0 Å². The van der Waals surface area contributed by atoms with Crippen molar-refractivity contribution in [1.29, 1.82) is 0 Å². The number of nitrogens with zero attached hydrogens (tertiary/aromatic N) is 1. The molecule has 0 aromatic carbocycles. The molecule has 0 atom stereocenters. The summed E-state index contributed by atoms with van der Waals surface area (Å²) in [6, 6.07) is 0. The topological polar surface area (TPSA) is 37.4 Å². The van der Waals surface area contributed by atoms with E-state index in [-0.39, 0.29) is 11.8 Å². The summed E-state index contributed by atoms with van der Waals surface area (Å²) < 4.78 is 0. The van der Waals surface area contributed by atoms with Crippen LogP contribution >= 0.6 is 11.3 Å². The molecule has 3 nitrogen and oxygen atoms in total. The van der Waals surface area contributed by atoms with E-state index >= 15 is 0 Å². The number of carbonyl (C=O) groups is 2. The predicted molar refractivity (Wildman–Crippen MR) is 45.5 cm³/mol. The SMILES string of the molecule is Cc1scc2c1C(=O)N(C)C2=O. The highest BCUT2D eigenvalue weighted by Gasteiger charge is 2.35. The molecule has 0 saturated carbocycles. The lowest BCUT2D eigenvalue weighted by Gasteiger charge is -2.03. The van der Waals surface area contributed by atoms with Gasteiger partial charge < -0.3 is 0 Å². The van der Waals surface area contributed by atoms with Crippen molar-refractivity contribution in [3.05, 3.63) is 21.4 Å². The number of hydrogen-bond donors (Lipinski definition) is 0. The maximum absolute atomic E-state index is 11.4. The molecule has 0 aliphatic carbocycles. The molecule has 1 aromatic rings. The lowest BCUT2D eigenvalue weighted by Crippen LogP contribution is -2.24. The van der Waals surface area contributed by atoms with E-state index in [9.17, 15) is 9.59 Å². The second kappa shape index (κ2) is 2.17. The van der Waals surface area contributed by atoms with Crippen LogP contribution in [-0.2, 0) is 0 Å². The Hall–Kier alpha value is -1.16. The number of amides is 2. The van der Waals surface area contributed by atoms with Crippen molar-refractivity contribution in [3.8, 4) is 0 Å². The Labute approximate surface area is 73.6 Å². The standard InChI is InChI=1S/C8H7NO2S/c1-4-6-5(3-12-4)7(10)9(2)8(6)11/h3H,1-2H3. The molecule has 0 saturated heterocycles. The van der Waals surface area contributed by atoms with Gasteiger partial charge in [-0.05, 0) is 6.92 Å². The summed E-state index contributed by atoms with van der Waals surface area (Å²) in [5.41, 5.74) is 1.15. The molecule has 2 rings (SSSR count). The van der Waals surface area contributed by atoms with E-state index in [0.29, 0.717) is 11.1 Å². The lowest BCUT2D eigenvalue weighted by atomic mass is 10.2. The molecule has 0 spiro atoms. The van der Waals surface area contributed by atoms with Gasteiger partial charge in [-0.1, -0.05) is 0 Å². The normalized spacial score (nSPS) is 15.7. The average Bonchev–Trinajstić information content (AvgIpc) is 2.51. The molecule has 0 N–H and O–H groups in total. The number of fused-ring (bicyclic) bond motifs is 1. The first-order chi connectivity index (χ1) is 5.63. The fourth-order valence-electron chi connectivity index (χ4n) is 1.32. The summed E-state index contributed by atoms with van der Waals surface area (Å²) in [4.78, 5) is 24.8. The minimum absolute atomic E-state index is 0.172. The third-order valence-corrected chi connectivity index (χ3v) is 2.94. The molecule has 0 unspecified atom stereocenters. The number of thiophene rings is 1. The largest absolute Gasteiger partial charge is 0.277 e. The van der Waals surface area contributed by atoms with E-state index < -0.39 is 0 Å². The van der Waals surface area contributed by atoms with E-state index in [1.54, 1.807) is 5.38 Å². The minimum atomic E-state index is -0.181. The molecule has 0 bridgehead atoms. The minimum Gasteiger partial charge on any atom is -0.277 e. The molecule has 2 amide bonds. The van der Waals surface area contributed by atoms with Gasteiger partial charge in [0.1, 0.15) is 0 Å². The monoisotopic (exact) mass is 181 g/mol. The second-order valence-electron chi connectivity index (χ2n) is 2.75. The Bertz CT molecular complexity index is 380. The van der Waals surface area contributed by atoms with Gasteiger partial charge in [-0.2, -0.15) is 0 Å². The number of aryl methyl sites for hydroxylation is 1. The number of carbonyl (C=O) groups excluding carboxylic acids is 2. The Morgan fingerprint density at radius 2 is 2.00 bits per heavy atom. The summed E-state index contributed by atoms with van der Waals surface area (Å²) in [6.07, 6.45) is 0. The summed E-state index contributed by atoms with van der Waals surface area (Å²) in [5, 5.41) is 1.74. The first-order valence-electron chi connectivity index (χ1n) is 3.53. The number of hydrogen-bond acceptors (Lipinski definition) is 3. The van der Waals surface area contributed by atoms with Crippen molar-refractivity contribution in [2.75, 3.05) is 7.05 Å². The molecule has 0 radical (unpaired) electrons. The third-order valence-electron chi connectivity index (χ3n) is 2.03. The summed E-state index contributed by atoms with van der Waals surface area (Å²) in [7, 11) is 1.51. The van der Waals surface area contributed by atoms with Crippen LogP contribution in [0.1, 0.15) is 25.6 Å². The quantitative estimate of drug-likeness (QED) is 0.565. The van der Waals surface area contributed by atoms with Crippen LogP contribution in [0.2, 0.25) is 0 Å². The average molecular weight is 181 g/mol. The molecule has 1 aromatic heterocycles. The van der Waals surface area contributed by atoms with Crippen molar-refractivity contribution in [1.82, 2.24) is 4.90 Å².